The molecule has 0 atom stereocenters. The first kappa shape index (κ1) is 22.1. The first-order valence-electron chi connectivity index (χ1n) is 7.59. The SMILES string of the molecule is CCCCCNC(=NC)NCCNS(=O)(=O)c1ccccc1.I. The van der Waals surface area contributed by atoms with E-state index in [0.717, 1.165) is 13.0 Å². The van der Waals surface area contributed by atoms with Crippen LogP contribution in [-0.4, -0.2) is 41.1 Å². The molecule has 6 nitrogen and oxygen atoms in total. The molecule has 0 aromatic heterocycles. The van der Waals surface area contributed by atoms with Gasteiger partial charge in [0.05, 0.1) is 4.90 Å². The van der Waals surface area contributed by atoms with Gasteiger partial charge >= 0.3 is 0 Å². The van der Waals surface area contributed by atoms with E-state index >= 15 is 0 Å². The molecule has 0 aliphatic heterocycles. The fourth-order valence-corrected chi connectivity index (χ4v) is 2.90. The van der Waals surface area contributed by atoms with E-state index < -0.39 is 10.0 Å². The molecule has 132 valence electrons. The van der Waals surface area contributed by atoms with Crippen molar-refractivity contribution >= 4 is 40.0 Å². The minimum absolute atomic E-state index is 0. The molecule has 0 heterocycles. The maximum atomic E-state index is 12.0. The largest absolute Gasteiger partial charge is 0.356 e. The number of unbranched alkanes of at least 4 members (excludes halogenated alkanes) is 2. The summed E-state index contributed by atoms with van der Waals surface area (Å²) in [5.74, 6) is 0.690. The molecular weight excluding hydrogens is 427 g/mol. The summed E-state index contributed by atoms with van der Waals surface area (Å²) in [5, 5.41) is 6.28. The molecule has 23 heavy (non-hydrogen) atoms. The number of aliphatic imine (C=N–C) groups is 1. The summed E-state index contributed by atoms with van der Waals surface area (Å²) < 4.78 is 26.6. The Labute approximate surface area is 156 Å². The lowest BCUT2D eigenvalue weighted by atomic mass is 10.2. The van der Waals surface area contributed by atoms with Gasteiger partial charge < -0.3 is 10.6 Å². The zero-order valence-corrected chi connectivity index (χ0v) is 16.9. The highest BCUT2D eigenvalue weighted by Crippen LogP contribution is 2.06. The fourth-order valence-electron chi connectivity index (χ4n) is 1.85. The Morgan fingerprint density at radius 1 is 1.04 bits per heavy atom. The maximum Gasteiger partial charge on any atom is 0.240 e. The van der Waals surface area contributed by atoms with Crippen molar-refractivity contribution in [2.45, 2.75) is 31.1 Å². The van der Waals surface area contributed by atoms with E-state index in [-0.39, 0.29) is 28.9 Å². The van der Waals surface area contributed by atoms with Gasteiger partial charge in [0.1, 0.15) is 0 Å². The highest BCUT2D eigenvalue weighted by Gasteiger charge is 2.11. The third-order valence-electron chi connectivity index (χ3n) is 3.06. The standard InChI is InChI=1S/C15H26N4O2S.HI/c1-3-4-8-11-17-15(16-2)18-12-13-19-22(20,21)14-9-6-5-7-10-14;/h5-7,9-10,19H,3-4,8,11-13H2,1-2H3,(H2,16,17,18);1H. The van der Waals surface area contributed by atoms with Crippen LogP contribution in [0.1, 0.15) is 26.2 Å². The Morgan fingerprint density at radius 3 is 2.30 bits per heavy atom. The maximum absolute atomic E-state index is 12.0. The Balaban J connectivity index is 0.00000484. The van der Waals surface area contributed by atoms with Crippen molar-refractivity contribution in [1.82, 2.24) is 15.4 Å². The molecule has 1 aromatic carbocycles. The van der Waals surface area contributed by atoms with E-state index in [9.17, 15) is 8.42 Å². The summed E-state index contributed by atoms with van der Waals surface area (Å²) in [5.41, 5.74) is 0. The number of rotatable bonds is 9. The zero-order valence-electron chi connectivity index (χ0n) is 13.7. The van der Waals surface area contributed by atoms with Gasteiger partial charge in [0, 0.05) is 26.7 Å². The smallest absolute Gasteiger partial charge is 0.240 e. The van der Waals surface area contributed by atoms with Crippen LogP contribution >= 0.6 is 24.0 Å². The number of hydrogen-bond donors (Lipinski definition) is 3. The number of nitrogens with one attached hydrogen (secondary N) is 3. The van der Waals surface area contributed by atoms with Crippen LogP contribution in [0.4, 0.5) is 0 Å². The summed E-state index contributed by atoms with van der Waals surface area (Å²) in [6.45, 7) is 3.79. The number of nitrogens with zero attached hydrogens (tertiary/aromatic N) is 1. The zero-order chi connectivity index (χ0) is 16.3. The molecule has 1 aromatic rings. The number of sulfonamides is 1. The lowest BCUT2D eigenvalue weighted by Gasteiger charge is -2.12. The van der Waals surface area contributed by atoms with Gasteiger partial charge in [0.15, 0.2) is 5.96 Å². The van der Waals surface area contributed by atoms with Gasteiger partial charge in [0.2, 0.25) is 10.0 Å². The highest BCUT2D eigenvalue weighted by atomic mass is 127. The van der Waals surface area contributed by atoms with E-state index in [1.165, 1.54) is 12.8 Å². The van der Waals surface area contributed by atoms with E-state index in [1.807, 2.05) is 0 Å². The predicted molar refractivity (Wildman–Crippen MR) is 106 cm³/mol. The molecule has 0 bridgehead atoms. The van der Waals surface area contributed by atoms with Crippen molar-refractivity contribution in [3.05, 3.63) is 30.3 Å². The molecule has 8 heteroatoms. The minimum atomic E-state index is -3.44. The fraction of sp³-hybridized carbons (Fsp3) is 0.533. The molecule has 0 amide bonds. The second-order valence-corrected chi connectivity index (χ2v) is 6.61. The van der Waals surface area contributed by atoms with Crippen LogP contribution in [0.15, 0.2) is 40.2 Å². The lowest BCUT2D eigenvalue weighted by Crippen LogP contribution is -2.41. The van der Waals surface area contributed by atoms with Gasteiger partial charge in [-0.05, 0) is 18.6 Å². The Hall–Kier alpha value is -0.870. The third-order valence-corrected chi connectivity index (χ3v) is 4.54. The van der Waals surface area contributed by atoms with Gasteiger partial charge in [-0.1, -0.05) is 38.0 Å². The molecular formula is C15H27IN4O2S. The molecule has 0 aliphatic rings. The van der Waals surface area contributed by atoms with Gasteiger partial charge in [-0.3, -0.25) is 4.99 Å². The average Bonchev–Trinajstić information content (AvgIpc) is 2.54. The first-order chi connectivity index (χ1) is 10.6. The van der Waals surface area contributed by atoms with Gasteiger partial charge in [-0.25, -0.2) is 13.1 Å². The molecule has 0 saturated heterocycles. The molecule has 0 saturated carbocycles. The molecule has 0 unspecified atom stereocenters. The van der Waals surface area contributed by atoms with Crippen molar-refractivity contribution in [3.63, 3.8) is 0 Å². The first-order valence-corrected chi connectivity index (χ1v) is 9.07. The highest BCUT2D eigenvalue weighted by molar-refractivity contribution is 14.0. The van der Waals surface area contributed by atoms with Crippen molar-refractivity contribution in [1.29, 1.82) is 0 Å². The van der Waals surface area contributed by atoms with Crippen molar-refractivity contribution in [2.75, 3.05) is 26.7 Å². The summed E-state index contributed by atoms with van der Waals surface area (Å²) in [7, 11) is -1.74. The predicted octanol–water partition coefficient (Wildman–Crippen LogP) is 1.94. The van der Waals surface area contributed by atoms with Gasteiger partial charge in [-0.2, -0.15) is 0 Å². The minimum Gasteiger partial charge on any atom is -0.356 e. The summed E-state index contributed by atoms with van der Waals surface area (Å²) in [6.07, 6.45) is 3.45. The van der Waals surface area contributed by atoms with Crippen LogP contribution in [0, 0.1) is 0 Å². The van der Waals surface area contributed by atoms with Crippen LogP contribution in [-0.2, 0) is 10.0 Å². The topological polar surface area (TPSA) is 82.6 Å². The second-order valence-electron chi connectivity index (χ2n) is 4.84. The molecule has 3 N–H and O–H groups in total. The molecule has 1 rings (SSSR count). The Kier molecular flexibility index (Phi) is 12.1. The van der Waals surface area contributed by atoms with Crippen LogP contribution in [0.3, 0.4) is 0 Å². The van der Waals surface area contributed by atoms with Crippen molar-refractivity contribution in [2.24, 2.45) is 4.99 Å². The molecule has 0 fully saturated rings. The molecule has 0 aliphatic carbocycles. The van der Waals surface area contributed by atoms with Gasteiger partial charge in [0.25, 0.3) is 0 Å². The van der Waals surface area contributed by atoms with Gasteiger partial charge in [-0.15, -0.1) is 24.0 Å². The summed E-state index contributed by atoms with van der Waals surface area (Å²) >= 11 is 0. The van der Waals surface area contributed by atoms with Crippen LogP contribution in [0.25, 0.3) is 0 Å². The van der Waals surface area contributed by atoms with Crippen LogP contribution in [0.2, 0.25) is 0 Å². The second kappa shape index (κ2) is 12.5. The van der Waals surface area contributed by atoms with E-state index in [4.69, 9.17) is 0 Å². The van der Waals surface area contributed by atoms with E-state index in [1.54, 1.807) is 37.4 Å². The lowest BCUT2D eigenvalue weighted by molar-refractivity contribution is 0.580. The van der Waals surface area contributed by atoms with Crippen molar-refractivity contribution in [3.8, 4) is 0 Å². The Bertz CT molecular complexity index is 550. The molecule has 0 radical (unpaired) electrons. The summed E-state index contributed by atoms with van der Waals surface area (Å²) in [4.78, 5) is 4.37. The summed E-state index contributed by atoms with van der Waals surface area (Å²) in [6, 6.07) is 8.34. The monoisotopic (exact) mass is 454 g/mol. The number of halogens is 1. The van der Waals surface area contributed by atoms with E-state index in [2.05, 4.69) is 27.3 Å². The number of guanidine groups is 1. The number of benzene rings is 1. The van der Waals surface area contributed by atoms with Crippen molar-refractivity contribution < 1.29 is 8.42 Å². The third kappa shape index (κ3) is 9.11. The normalized spacial score (nSPS) is 11.7. The Morgan fingerprint density at radius 2 is 1.70 bits per heavy atom. The van der Waals surface area contributed by atoms with Crippen LogP contribution < -0.4 is 15.4 Å². The number of hydrogen-bond acceptors (Lipinski definition) is 3. The van der Waals surface area contributed by atoms with Crippen LogP contribution in [0.5, 0.6) is 0 Å². The van der Waals surface area contributed by atoms with E-state index in [0.29, 0.717) is 19.0 Å². The average molecular weight is 454 g/mol. The molecule has 0 spiro atoms. The quantitative estimate of drug-likeness (QED) is 0.231.